The van der Waals surface area contributed by atoms with Crippen molar-refractivity contribution in [2.45, 2.75) is 38.2 Å². The summed E-state index contributed by atoms with van der Waals surface area (Å²) in [4.78, 5) is 12.2. The van der Waals surface area contributed by atoms with Crippen LogP contribution in [0.1, 0.15) is 31.4 Å². The lowest BCUT2D eigenvalue weighted by molar-refractivity contribution is -0.137. The number of carbonyl (C=O) groups excluding carboxylic acids is 1. The van der Waals surface area contributed by atoms with E-state index in [-0.39, 0.29) is 6.42 Å². The van der Waals surface area contributed by atoms with Crippen molar-refractivity contribution in [3.8, 4) is 6.07 Å². The van der Waals surface area contributed by atoms with E-state index in [4.69, 9.17) is 11.0 Å². The zero-order chi connectivity index (χ0) is 19.6. The summed E-state index contributed by atoms with van der Waals surface area (Å²) in [5.74, 6) is -1.11. The van der Waals surface area contributed by atoms with Gasteiger partial charge < -0.3 is 10.6 Å². The molecule has 1 amide bonds. The van der Waals surface area contributed by atoms with Crippen LogP contribution in [0.25, 0.3) is 0 Å². The zero-order valence-corrected chi connectivity index (χ0v) is 13.3. The molecule has 138 valence electrons. The topological polar surface area (TPSA) is 70.1 Å². The molecule has 1 atom stereocenters. The molecule has 1 aromatic rings. The summed E-state index contributed by atoms with van der Waals surface area (Å²) in [6, 6.07) is 3.45. The first-order chi connectivity index (χ1) is 11.3. The van der Waals surface area contributed by atoms with Gasteiger partial charge in [-0.1, -0.05) is 6.92 Å². The Morgan fingerprint density at radius 2 is 1.80 bits per heavy atom. The summed E-state index contributed by atoms with van der Waals surface area (Å²) in [5, 5.41) is 8.77. The van der Waals surface area contributed by atoms with Crippen LogP contribution in [0.4, 0.5) is 32.0 Å². The number of benzene rings is 1. The first-order valence-corrected chi connectivity index (χ1v) is 7.02. The molecule has 25 heavy (non-hydrogen) atoms. The first-order valence-electron chi connectivity index (χ1n) is 7.02. The van der Waals surface area contributed by atoms with Gasteiger partial charge in [-0.25, -0.2) is 0 Å². The molecule has 1 rings (SSSR count). The van der Waals surface area contributed by atoms with Crippen molar-refractivity contribution in [2.24, 2.45) is 5.73 Å². The maximum atomic E-state index is 13.1. The molecule has 4 nitrogen and oxygen atoms in total. The highest BCUT2D eigenvalue weighted by atomic mass is 19.4. The summed E-state index contributed by atoms with van der Waals surface area (Å²) >= 11 is 0. The molecule has 0 aliphatic rings. The van der Waals surface area contributed by atoms with Crippen molar-refractivity contribution in [3.05, 3.63) is 29.3 Å². The van der Waals surface area contributed by atoms with Gasteiger partial charge >= 0.3 is 12.4 Å². The second kappa shape index (κ2) is 6.82. The fourth-order valence-electron chi connectivity index (χ4n) is 2.26. The summed E-state index contributed by atoms with van der Waals surface area (Å²) in [6.45, 7) is 0.832. The highest BCUT2D eigenvalue weighted by Crippen LogP contribution is 2.37. The molecule has 0 bridgehead atoms. The maximum absolute atomic E-state index is 13.1. The van der Waals surface area contributed by atoms with E-state index in [1.807, 2.05) is 0 Å². The molecule has 0 heterocycles. The van der Waals surface area contributed by atoms with E-state index < -0.39 is 47.2 Å². The predicted octanol–water partition coefficient (Wildman–Crippen LogP) is 3.60. The third kappa shape index (κ3) is 4.55. The van der Waals surface area contributed by atoms with Crippen molar-refractivity contribution in [3.63, 3.8) is 0 Å². The van der Waals surface area contributed by atoms with Gasteiger partial charge in [0.15, 0.2) is 0 Å². The third-order valence-electron chi connectivity index (χ3n) is 3.89. The van der Waals surface area contributed by atoms with Crippen molar-refractivity contribution in [1.82, 2.24) is 0 Å². The number of amides is 1. The number of halogens is 6. The number of carbonyl (C=O) groups is 1. The summed E-state index contributed by atoms with van der Waals surface area (Å²) in [6.07, 6.45) is -9.90. The average Bonchev–Trinajstić information content (AvgIpc) is 2.49. The minimum atomic E-state index is -4.94. The van der Waals surface area contributed by atoms with E-state index >= 15 is 0 Å². The third-order valence-corrected chi connectivity index (χ3v) is 3.89. The standard InChI is InChI=1S/C15H15F6N3O/c1-3-13(2,12(23)25)24(8-14(16,17)18)10-5-4-9(7-22)11(6-10)15(19,20)21/h4-6H,3,8H2,1-2H3,(H2,23,25). The Morgan fingerprint density at radius 3 is 2.16 bits per heavy atom. The summed E-state index contributed by atoms with van der Waals surface area (Å²) in [7, 11) is 0. The smallest absolute Gasteiger partial charge is 0.368 e. The number of hydrogen-bond acceptors (Lipinski definition) is 3. The van der Waals surface area contributed by atoms with Crippen molar-refractivity contribution < 1.29 is 31.1 Å². The van der Waals surface area contributed by atoms with E-state index in [0.717, 1.165) is 19.1 Å². The van der Waals surface area contributed by atoms with Gasteiger partial charge in [0.1, 0.15) is 12.1 Å². The second-order valence-corrected chi connectivity index (χ2v) is 5.53. The van der Waals surface area contributed by atoms with Crippen LogP contribution in [0.5, 0.6) is 0 Å². The minimum Gasteiger partial charge on any atom is -0.368 e. The number of rotatable bonds is 5. The van der Waals surface area contributed by atoms with Crippen LogP contribution >= 0.6 is 0 Å². The van der Waals surface area contributed by atoms with Gasteiger partial charge in [0.2, 0.25) is 5.91 Å². The molecule has 0 saturated carbocycles. The highest BCUT2D eigenvalue weighted by molar-refractivity contribution is 5.88. The average molecular weight is 367 g/mol. The molecule has 0 aliphatic carbocycles. The molecule has 1 unspecified atom stereocenters. The molecule has 10 heteroatoms. The van der Waals surface area contributed by atoms with Gasteiger partial charge in [-0.2, -0.15) is 31.6 Å². The first kappa shape index (κ1) is 20.6. The number of nitriles is 1. The van der Waals surface area contributed by atoms with Crippen LogP contribution in [0.15, 0.2) is 18.2 Å². The van der Waals surface area contributed by atoms with E-state index in [1.165, 1.54) is 13.0 Å². The molecule has 0 radical (unpaired) electrons. The van der Waals surface area contributed by atoms with E-state index in [1.54, 1.807) is 0 Å². The molecule has 0 aromatic heterocycles. The van der Waals surface area contributed by atoms with Crippen LogP contribution in [0, 0.1) is 11.3 Å². The Hall–Kier alpha value is -2.44. The number of primary amides is 1. The largest absolute Gasteiger partial charge is 0.417 e. The number of hydrogen-bond donors (Lipinski definition) is 1. The molecule has 2 N–H and O–H groups in total. The van der Waals surface area contributed by atoms with Gasteiger partial charge in [-0.05, 0) is 31.5 Å². The van der Waals surface area contributed by atoms with Gasteiger partial charge in [-0.15, -0.1) is 0 Å². The Bertz CT molecular complexity index is 692. The Morgan fingerprint density at radius 1 is 1.24 bits per heavy atom. The lowest BCUT2D eigenvalue weighted by atomic mass is 9.93. The van der Waals surface area contributed by atoms with Gasteiger partial charge in [-0.3, -0.25) is 4.79 Å². The molecule has 0 fully saturated rings. The summed E-state index contributed by atoms with van der Waals surface area (Å²) in [5.41, 5.74) is 0.698. The Labute approximate surface area is 139 Å². The van der Waals surface area contributed by atoms with E-state index in [0.29, 0.717) is 11.0 Å². The van der Waals surface area contributed by atoms with Crippen LogP contribution in [0.3, 0.4) is 0 Å². The zero-order valence-electron chi connectivity index (χ0n) is 13.3. The maximum Gasteiger partial charge on any atom is 0.417 e. The monoisotopic (exact) mass is 367 g/mol. The normalized spacial score (nSPS) is 14.5. The molecule has 0 saturated heterocycles. The van der Waals surface area contributed by atoms with Crippen molar-refractivity contribution in [1.29, 1.82) is 5.26 Å². The van der Waals surface area contributed by atoms with Crippen LogP contribution in [0.2, 0.25) is 0 Å². The minimum absolute atomic E-state index is 0.167. The summed E-state index contributed by atoms with van der Waals surface area (Å²) < 4.78 is 78.0. The predicted molar refractivity (Wildman–Crippen MR) is 77.5 cm³/mol. The fraction of sp³-hybridized carbons (Fsp3) is 0.467. The number of anilines is 1. The van der Waals surface area contributed by atoms with Crippen molar-refractivity contribution in [2.75, 3.05) is 11.4 Å². The molecular weight excluding hydrogens is 352 g/mol. The fourth-order valence-corrected chi connectivity index (χ4v) is 2.26. The number of nitrogens with two attached hydrogens (primary N) is 1. The SMILES string of the molecule is CCC(C)(C(N)=O)N(CC(F)(F)F)c1ccc(C#N)c(C(F)(F)F)c1. The van der Waals surface area contributed by atoms with Crippen LogP contribution in [-0.4, -0.2) is 24.2 Å². The number of alkyl halides is 6. The lowest BCUT2D eigenvalue weighted by Gasteiger charge is -2.40. The molecule has 0 aliphatic heterocycles. The van der Waals surface area contributed by atoms with Crippen LogP contribution < -0.4 is 10.6 Å². The Kier molecular flexibility index (Phi) is 5.62. The van der Waals surface area contributed by atoms with Gasteiger partial charge in [0, 0.05) is 5.69 Å². The highest BCUT2D eigenvalue weighted by Gasteiger charge is 2.43. The Balaban J connectivity index is 3.62. The quantitative estimate of drug-likeness (QED) is 0.809. The van der Waals surface area contributed by atoms with Gasteiger partial charge in [0.25, 0.3) is 0 Å². The van der Waals surface area contributed by atoms with Gasteiger partial charge in [0.05, 0.1) is 17.2 Å². The van der Waals surface area contributed by atoms with Crippen molar-refractivity contribution >= 4 is 11.6 Å². The van der Waals surface area contributed by atoms with E-state index in [9.17, 15) is 31.1 Å². The second-order valence-electron chi connectivity index (χ2n) is 5.53. The molecular formula is C15H15F6N3O. The van der Waals surface area contributed by atoms with Crippen LogP contribution in [-0.2, 0) is 11.0 Å². The number of nitrogens with zero attached hydrogens (tertiary/aromatic N) is 2. The van der Waals surface area contributed by atoms with E-state index in [2.05, 4.69) is 0 Å². The lowest BCUT2D eigenvalue weighted by Crippen LogP contribution is -2.58. The molecule has 0 spiro atoms. The molecule has 1 aromatic carbocycles.